The third kappa shape index (κ3) is 3.39. The fraction of sp³-hybridized carbons (Fsp3) is 0.214. The van der Waals surface area contributed by atoms with E-state index in [-0.39, 0.29) is 17.5 Å². The Morgan fingerprint density at radius 3 is 2.70 bits per heavy atom. The summed E-state index contributed by atoms with van der Waals surface area (Å²) < 4.78 is 31.2. The average Bonchev–Trinajstić information content (AvgIpc) is 3.25. The molecule has 2 aromatic heterocycles. The molecule has 120 valence electrons. The summed E-state index contributed by atoms with van der Waals surface area (Å²) in [6.07, 6.45) is 3.31. The number of hydrogen-bond donors (Lipinski definition) is 1. The Kier molecular flexibility index (Phi) is 4.11. The van der Waals surface area contributed by atoms with Crippen LogP contribution in [0.3, 0.4) is 0 Å². The van der Waals surface area contributed by atoms with Gasteiger partial charge in [0, 0.05) is 18.0 Å². The monoisotopic (exact) mass is 333 g/mol. The highest BCUT2D eigenvalue weighted by Gasteiger charge is 2.20. The molecular formula is C14H15N5O3S. The molecule has 0 atom stereocenters. The average molecular weight is 333 g/mol. The lowest BCUT2D eigenvalue weighted by Crippen LogP contribution is -2.14. The predicted octanol–water partition coefficient (Wildman–Crippen LogP) is 1.15. The Morgan fingerprint density at radius 2 is 2.04 bits per heavy atom. The minimum absolute atomic E-state index is 0.105. The van der Waals surface area contributed by atoms with Crippen molar-refractivity contribution in [2.45, 2.75) is 11.7 Å². The lowest BCUT2D eigenvalue weighted by Gasteiger charge is -2.01. The van der Waals surface area contributed by atoms with E-state index in [0.29, 0.717) is 17.1 Å². The normalized spacial score (nSPS) is 11.5. The van der Waals surface area contributed by atoms with Crippen molar-refractivity contribution in [3.8, 4) is 17.1 Å². The van der Waals surface area contributed by atoms with Gasteiger partial charge >= 0.3 is 0 Å². The zero-order chi connectivity index (χ0) is 16.3. The van der Waals surface area contributed by atoms with Crippen LogP contribution in [-0.4, -0.2) is 46.2 Å². The Morgan fingerprint density at radius 1 is 1.26 bits per heavy atom. The first kappa shape index (κ1) is 15.2. The van der Waals surface area contributed by atoms with Crippen molar-refractivity contribution in [2.75, 3.05) is 12.9 Å². The number of methoxy groups -OCH3 is 1. The molecule has 9 heteroatoms. The van der Waals surface area contributed by atoms with E-state index in [4.69, 9.17) is 4.74 Å². The second kappa shape index (κ2) is 6.21. The van der Waals surface area contributed by atoms with E-state index in [0.717, 1.165) is 0 Å². The van der Waals surface area contributed by atoms with Gasteiger partial charge in [0.1, 0.15) is 5.75 Å². The van der Waals surface area contributed by atoms with E-state index in [1.165, 1.54) is 0 Å². The minimum atomic E-state index is -3.55. The van der Waals surface area contributed by atoms with E-state index in [1.54, 1.807) is 54.5 Å². The molecule has 0 radical (unpaired) electrons. The number of benzene rings is 1. The standard InChI is InChI=1S/C14H15N5O3S/c1-22-12-5-3-11(4-6-12)13-16-14(18-17-13)23(20,21)10-9-19-8-2-7-15-19/h2-8H,9-10H2,1H3,(H,16,17,18). The number of aryl methyl sites for hydroxylation is 1. The molecule has 23 heavy (non-hydrogen) atoms. The largest absolute Gasteiger partial charge is 0.497 e. The highest BCUT2D eigenvalue weighted by atomic mass is 32.2. The summed E-state index contributed by atoms with van der Waals surface area (Å²) in [6.45, 7) is 0.258. The Hall–Kier alpha value is -2.68. The maximum Gasteiger partial charge on any atom is 0.243 e. The molecule has 0 amide bonds. The topological polar surface area (TPSA) is 103 Å². The molecule has 3 rings (SSSR count). The van der Waals surface area contributed by atoms with Crippen LogP contribution < -0.4 is 4.74 Å². The molecule has 1 N–H and O–H groups in total. The van der Waals surface area contributed by atoms with Crippen LogP contribution in [0.4, 0.5) is 0 Å². The molecule has 1 aromatic carbocycles. The van der Waals surface area contributed by atoms with Gasteiger partial charge in [-0.15, -0.1) is 0 Å². The Bertz CT molecular complexity index is 870. The molecule has 0 saturated carbocycles. The second-order valence-electron chi connectivity index (χ2n) is 4.78. The number of ether oxygens (including phenoxy) is 1. The van der Waals surface area contributed by atoms with Crippen molar-refractivity contribution in [1.82, 2.24) is 25.0 Å². The molecule has 0 unspecified atom stereocenters. The molecule has 0 saturated heterocycles. The van der Waals surface area contributed by atoms with E-state index >= 15 is 0 Å². The number of nitrogens with one attached hydrogen (secondary N) is 1. The molecule has 3 aromatic rings. The first-order valence-corrected chi connectivity index (χ1v) is 8.51. The molecular weight excluding hydrogens is 318 g/mol. The van der Waals surface area contributed by atoms with E-state index in [1.807, 2.05) is 0 Å². The maximum absolute atomic E-state index is 12.3. The number of aromatic nitrogens is 5. The number of sulfone groups is 1. The van der Waals surface area contributed by atoms with Gasteiger partial charge < -0.3 is 4.74 Å². The zero-order valence-electron chi connectivity index (χ0n) is 12.4. The van der Waals surface area contributed by atoms with Gasteiger partial charge in [0.05, 0.1) is 19.4 Å². The maximum atomic E-state index is 12.3. The van der Waals surface area contributed by atoms with Crippen molar-refractivity contribution in [3.05, 3.63) is 42.7 Å². The van der Waals surface area contributed by atoms with Crippen molar-refractivity contribution in [1.29, 1.82) is 0 Å². The smallest absolute Gasteiger partial charge is 0.243 e. The van der Waals surface area contributed by atoms with Crippen molar-refractivity contribution >= 4 is 9.84 Å². The van der Waals surface area contributed by atoms with Crippen LogP contribution in [0.15, 0.2) is 47.9 Å². The van der Waals surface area contributed by atoms with Crippen LogP contribution in [0.25, 0.3) is 11.4 Å². The van der Waals surface area contributed by atoms with Gasteiger partial charge in [-0.3, -0.25) is 4.68 Å². The molecule has 0 bridgehead atoms. The highest BCUT2D eigenvalue weighted by Crippen LogP contribution is 2.20. The van der Waals surface area contributed by atoms with Crippen molar-refractivity contribution in [3.63, 3.8) is 0 Å². The van der Waals surface area contributed by atoms with E-state index in [9.17, 15) is 8.42 Å². The second-order valence-corrected chi connectivity index (χ2v) is 6.81. The number of H-pyrrole nitrogens is 1. The summed E-state index contributed by atoms with van der Waals surface area (Å²) >= 11 is 0. The summed E-state index contributed by atoms with van der Waals surface area (Å²) in [7, 11) is -1.98. The van der Waals surface area contributed by atoms with Gasteiger partial charge in [-0.1, -0.05) is 0 Å². The summed E-state index contributed by atoms with van der Waals surface area (Å²) in [5.74, 6) is 0.924. The van der Waals surface area contributed by atoms with Gasteiger partial charge in [-0.05, 0) is 30.3 Å². The summed E-state index contributed by atoms with van der Waals surface area (Å²) in [5, 5.41) is 10.3. The van der Waals surface area contributed by atoms with Gasteiger partial charge in [-0.2, -0.15) is 15.2 Å². The molecule has 0 fully saturated rings. The summed E-state index contributed by atoms with van der Waals surface area (Å²) in [4.78, 5) is 4.08. The van der Waals surface area contributed by atoms with Crippen LogP contribution in [0.5, 0.6) is 5.75 Å². The minimum Gasteiger partial charge on any atom is -0.497 e. The molecule has 0 aliphatic carbocycles. The fourth-order valence-electron chi connectivity index (χ4n) is 2.00. The summed E-state index contributed by atoms with van der Waals surface area (Å²) in [6, 6.07) is 8.79. The van der Waals surface area contributed by atoms with Gasteiger partial charge in [-0.25, -0.2) is 13.5 Å². The number of nitrogens with zero attached hydrogens (tertiary/aromatic N) is 4. The number of rotatable bonds is 6. The van der Waals surface area contributed by atoms with Gasteiger partial charge in [0.2, 0.25) is 15.0 Å². The first-order valence-electron chi connectivity index (χ1n) is 6.85. The third-order valence-electron chi connectivity index (χ3n) is 3.26. The number of aromatic amines is 1. The Balaban J connectivity index is 1.77. The van der Waals surface area contributed by atoms with Crippen LogP contribution in [0.1, 0.15) is 0 Å². The SMILES string of the molecule is COc1ccc(-c2n[nH]c(S(=O)(=O)CCn3cccn3)n2)cc1. The molecule has 0 spiro atoms. The van der Waals surface area contributed by atoms with Crippen LogP contribution in [-0.2, 0) is 16.4 Å². The van der Waals surface area contributed by atoms with E-state index in [2.05, 4.69) is 20.3 Å². The first-order chi connectivity index (χ1) is 11.1. The fourth-order valence-corrected chi connectivity index (χ4v) is 3.03. The third-order valence-corrected chi connectivity index (χ3v) is 4.75. The van der Waals surface area contributed by atoms with Crippen molar-refractivity contribution in [2.24, 2.45) is 0 Å². The van der Waals surface area contributed by atoms with Gasteiger partial charge in [0.25, 0.3) is 0 Å². The summed E-state index contributed by atoms with van der Waals surface area (Å²) in [5.41, 5.74) is 0.704. The Labute approximate surface area is 133 Å². The van der Waals surface area contributed by atoms with Gasteiger partial charge in [0.15, 0.2) is 5.82 Å². The molecule has 0 aliphatic heterocycles. The lowest BCUT2D eigenvalue weighted by molar-refractivity contribution is 0.415. The quantitative estimate of drug-likeness (QED) is 0.726. The zero-order valence-corrected chi connectivity index (χ0v) is 13.2. The van der Waals surface area contributed by atoms with Crippen molar-refractivity contribution < 1.29 is 13.2 Å². The molecule has 0 aliphatic rings. The molecule has 2 heterocycles. The lowest BCUT2D eigenvalue weighted by atomic mass is 10.2. The highest BCUT2D eigenvalue weighted by molar-refractivity contribution is 7.91. The van der Waals surface area contributed by atoms with Crippen LogP contribution in [0, 0.1) is 0 Å². The van der Waals surface area contributed by atoms with Crippen LogP contribution in [0.2, 0.25) is 0 Å². The molecule has 8 nitrogen and oxygen atoms in total. The van der Waals surface area contributed by atoms with E-state index < -0.39 is 9.84 Å². The van der Waals surface area contributed by atoms with Crippen LogP contribution >= 0.6 is 0 Å². The number of hydrogen-bond acceptors (Lipinski definition) is 6. The predicted molar refractivity (Wildman–Crippen MR) is 82.7 cm³/mol.